The van der Waals surface area contributed by atoms with E-state index >= 15 is 0 Å². The smallest absolute Gasteiger partial charge is 0.239 e. The van der Waals surface area contributed by atoms with Crippen LogP contribution in [-0.4, -0.2) is 31.2 Å². The first-order chi connectivity index (χ1) is 6.54. The van der Waals surface area contributed by atoms with Crippen LogP contribution in [0.25, 0.3) is 0 Å². The highest BCUT2D eigenvalue weighted by atomic mass is 16.5. The van der Waals surface area contributed by atoms with Gasteiger partial charge in [-0.3, -0.25) is 4.79 Å². The Balaban J connectivity index is 3.71. The minimum atomic E-state index is -0.749. The molecule has 0 saturated carbocycles. The molecule has 0 rings (SSSR count). The number of hydrogen-bond acceptors (Lipinski definition) is 3. The molecule has 0 radical (unpaired) electrons. The van der Waals surface area contributed by atoms with Crippen molar-refractivity contribution in [2.24, 2.45) is 5.73 Å². The minimum Gasteiger partial charge on any atom is -0.380 e. The molecule has 0 aliphatic heterocycles. The Morgan fingerprint density at radius 3 is 2.64 bits per heavy atom. The van der Waals surface area contributed by atoms with Gasteiger partial charge in [0.25, 0.3) is 0 Å². The lowest BCUT2D eigenvalue weighted by Gasteiger charge is -2.22. The predicted octanol–water partition coefficient (Wildman–Crippen LogP) is 0.657. The van der Waals surface area contributed by atoms with Crippen LogP contribution in [0.3, 0.4) is 0 Å². The van der Waals surface area contributed by atoms with Gasteiger partial charge in [0.05, 0.1) is 12.1 Å². The third-order valence-corrected chi connectivity index (χ3v) is 2.02. The van der Waals surface area contributed by atoms with Gasteiger partial charge in [-0.1, -0.05) is 13.3 Å². The van der Waals surface area contributed by atoms with Crippen LogP contribution in [0.4, 0.5) is 0 Å². The van der Waals surface area contributed by atoms with Crippen LogP contribution in [0, 0.1) is 0 Å². The zero-order chi connectivity index (χ0) is 11.0. The molecule has 0 aromatic carbocycles. The first kappa shape index (κ1) is 13.4. The first-order valence-electron chi connectivity index (χ1n) is 5.19. The van der Waals surface area contributed by atoms with Gasteiger partial charge in [-0.15, -0.1) is 0 Å². The van der Waals surface area contributed by atoms with Crippen LogP contribution in [0.2, 0.25) is 0 Å². The lowest BCUT2D eigenvalue weighted by molar-refractivity contribution is -0.126. The number of nitrogens with one attached hydrogen (secondary N) is 1. The van der Waals surface area contributed by atoms with Crippen LogP contribution in [0.15, 0.2) is 0 Å². The molecule has 4 heteroatoms. The molecule has 0 aromatic rings. The fourth-order valence-electron chi connectivity index (χ4n) is 1.22. The Morgan fingerprint density at radius 1 is 1.50 bits per heavy atom. The molecule has 4 nitrogen and oxygen atoms in total. The summed E-state index contributed by atoms with van der Waals surface area (Å²) in [6.45, 7) is 7.44. The van der Waals surface area contributed by atoms with Gasteiger partial charge in [0.2, 0.25) is 5.91 Å². The summed E-state index contributed by atoms with van der Waals surface area (Å²) in [4.78, 5) is 11.5. The molecular formula is C10H22N2O2. The highest BCUT2D eigenvalue weighted by Gasteiger charge is 2.26. The van der Waals surface area contributed by atoms with Crippen molar-refractivity contribution in [1.29, 1.82) is 0 Å². The van der Waals surface area contributed by atoms with Crippen molar-refractivity contribution < 1.29 is 9.53 Å². The molecule has 0 spiro atoms. The standard InChI is InChI=1S/C10H22N2O2/c1-4-6-10(3,11)9(13)12-7-8-14-5-2/h4-8,11H2,1-3H3,(H,12,13). The molecule has 0 heterocycles. The number of rotatable bonds is 7. The van der Waals surface area contributed by atoms with Crippen molar-refractivity contribution in [2.75, 3.05) is 19.8 Å². The third-order valence-electron chi connectivity index (χ3n) is 2.02. The van der Waals surface area contributed by atoms with Gasteiger partial charge in [-0.05, 0) is 20.3 Å². The highest BCUT2D eigenvalue weighted by molar-refractivity contribution is 5.85. The lowest BCUT2D eigenvalue weighted by Crippen LogP contribution is -2.52. The topological polar surface area (TPSA) is 64.4 Å². The van der Waals surface area contributed by atoms with E-state index < -0.39 is 5.54 Å². The number of nitrogens with two attached hydrogens (primary N) is 1. The first-order valence-corrected chi connectivity index (χ1v) is 5.19. The molecule has 1 unspecified atom stereocenters. The fourth-order valence-corrected chi connectivity index (χ4v) is 1.22. The zero-order valence-electron chi connectivity index (χ0n) is 9.43. The van der Waals surface area contributed by atoms with E-state index in [0.717, 1.165) is 6.42 Å². The predicted molar refractivity (Wildman–Crippen MR) is 57.0 cm³/mol. The Labute approximate surface area is 86.2 Å². The largest absolute Gasteiger partial charge is 0.380 e. The summed E-state index contributed by atoms with van der Waals surface area (Å²) in [5.41, 5.74) is 5.08. The number of hydrogen-bond donors (Lipinski definition) is 2. The molecule has 0 bridgehead atoms. The van der Waals surface area contributed by atoms with E-state index in [9.17, 15) is 4.79 Å². The third kappa shape index (κ3) is 5.19. The van der Waals surface area contributed by atoms with Gasteiger partial charge in [-0.25, -0.2) is 0 Å². The SMILES string of the molecule is CCCC(C)(N)C(=O)NCCOCC. The van der Waals surface area contributed by atoms with Gasteiger partial charge < -0.3 is 15.8 Å². The molecule has 0 aromatic heterocycles. The van der Waals surface area contributed by atoms with Gasteiger partial charge >= 0.3 is 0 Å². The summed E-state index contributed by atoms with van der Waals surface area (Å²) in [5.74, 6) is -0.0981. The molecule has 1 amide bonds. The Bertz CT molecular complexity index is 170. The second-order valence-electron chi connectivity index (χ2n) is 3.62. The number of carbonyl (C=O) groups is 1. The average Bonchev–Trinajstić information content (AvgIpc) is 2.12. The minimum absolute atomic E-state index is 0.0981. The normalized spacial score (nSPS) is 14.9. The van der Waals surface area contributed by atoms with Crippen molar-refractivity contribution in [3.05, 3.63) is 0 Å². The Hall–Kier alpha value is -0.610. The van der Waals surface area contributed by atoms with E-state index in [4.69, 9.17) is 10.5 Å². The molecule has 0 saturated heterocycles. The van der Waals surface area contributed by atoms with Gasteiger partial charge in [0, 0.05) is 13.2 Å². The van der Waals surface area contributed by atoms with E-state index in [2.05, 4.69) is 5.32 Å². The van der Waals surface area contributed by atoms with Crippen molar-refractivity contribution in [3.63, 3.8) is 0 Å². The average molecular weight is 202 g/mol. The maximum atomic E-state index is 11.5. The molecule has 84 valence electrons. The van der Waals surface area contributed by atoms with Crippen LogP contribution >= 0.6 is 0 Å². The van der Waals surface area contributed by atoms with Gasteiger partial charge in [0.15, 0.2) is 0 Å². The van der Waals surface area contributed by atoms with Crippen LogP contribution in [-0.2, 0) is 9.53 Å². The maximum Gasteiger partial charge on any atom is 0.239 e. The molecule has 1 atom stereocenters. The van der Waals surface area contributed by atoms with E-state index in [1.165, 1.54) is 0 Å². The summed E-state index contributed by atoms with van der Waals surface area (Å²) in [7, 11) is 0. The second-order valence-corrected chi connectivity index (χ2v) is 3.62. The summed E-state index contributed by atoms with van der Waals surface area (Å²) in [6, 6.07) is 0. The quantitative estimate of drug-likeness (QED) is 0.596. The van der Waals surface area contributed by atoms with Crippen LogP contribution < -0.4 is 11.1 Å². The van der Waals surface area contributed by atoms with E-state index in [0.29, 0.717) is 26.2 Å². The molecule has 0 fully saturated rings. The summed E-state index contributed by atoms with van der Waals surface area (Å²) in [6.07, 6.45) is 1.61. The number of ether oxygens (including phenoxy) is 1. The number of amides is 1. The molecule has 3 N–H and O–H groups in total. The molecule has 14 heavy (non-hydrogen) atoms. The summed E-state index contributed by atoms with van der Waals surface area (Å²) < 4.78 is 5.10. The fraction of sp³-hybridized carbons (Fsp3) is 0.900. The van der Waals surface area contributed by atoms with Crippen molar-refractivity contribution in [3.8, 4) is 0 Å². The van der Waals surface area contributed by atoms with Crippen molar-refractivity contribution in [1.82, 2.24) is 5.32 Å². The van der Waals surface area contributed by atoms with Crippen LogP contribution in [0.1, 0.15) is 33.6 Å². The molecule has 0 aliphatic rings. The van der Waals surface area contributed by atoms with Gasteiger partial charge in [-0.2, -0.15) is 0 Å². The monoisotopic (exact) mass is 202 g/mol. The lowest BCUT2D eigenvalue weighted by atomic mass is 9.97. The van der Waals surface area contributed by atoms with E-state index in [-0.39, 0.29) is 5.91 Å². The van der Waals surface area contributed by atoms with Gasteiger partial charge in [0.1, 0.15) is 0 Å². The summed E-state index contributed by atoms with van der Waals surface area (Å²) in [5, 5.41) is 2.75. The molecule has 0 aliphatic carbocycles. The van der Waals surface area contributed by atoms with E-state index in [1.54, 1.807) is 6.92 Å². The zero-order valence-corrected chi connectivity index (χ0v) is 9.43. The van der Waals surface area contributed by atoms with Crippen molar-refractivity contribution >= 4 is 5.91 Å². The summed E-state index contributed by atoms with van der Waals surface area (Å²) >= 11 is 0. The molecular weight excluding hydrogens is 180 g/mol. The van der Waals surface area contributed by atoms with Crippen LogP contribution in [0.5, 0.6) is 0 Å². The van der Waals surface area contributed by atoms with E-state index in [1.807, 2.05) is 13.8 Å². The Kier molecular flexibility index (Phi) is 6.49. The Morgan fingerprint density at radius 2 is 2.14 bits per heavy atom. The maximum absolute atomic E-state index is 11.5. The van der Waals surface area contributed by atoms with Crippen molar-refractivity contribution in [2.45, 2.75) is 39.2 Å². The second kappa shape index (κ2) is 6.79. The highest BCUT2D eigenvalue weighted by Crippen LogP contribution is 2.07. The number of carbonyl (C=O) groups excluding carboxylic acids is 1.